The zero-order valence-electron chi connectivity index (χ0n) is 11.7. The third kappa shape index (κ3) is 4.46. The Hall–Kier alpha value is -0.0800. The van der Waals surface area contributed by atoms with Crippen LogP contribution >= 0.6 is 22.6 Å². The Morgan fingerprint density at radius 1 is 1.37 bits per heavy atom. The first-order valence-electron chi connectivity index (χ1n) is 6.70. The fourth-order valence-electron chi connectivity index (χ4n) is 2.21. The fourth-order valence-corrected chi connectivity index (χ4v) is 3.08. The predicted molar refractivity (Wildman–Crippen MR) is 79.7 cm³/mol. The van der Waals surface area contributed by atoms with Crippen molar-refractivity contribution in [1.29, 1.82) is 0 Å². The van der Waals surface area contributed by atoms with E-state index in [9.17, 15) is 4.79 Å². The second kappa shape index (κ2) is 6.13. The van der Waals surface area contributed by atoms with Crippen LogP contribution in [0.25, 0.3) is 0 Å². The fraction of sp³-hybridized carbons (Fsp3) is 0.923. The summed E-state index contributed by atoms with van der Waals surface area (Å²) in [6, 6.07) is 0. The second-order valence-electron chi connectivity index (χ2n) is 6.06. The van der Waals surface area contributed by atoms with Crippen LogP contribution < -0.4 is 0 Å². The first-order valence-corrected chi connectivity index (χ1v) is 7.95. The Bertz CT molecular complexity index is 325. The lowest BCUT2D eigenvalue weighted by Gasteiger charge is -2.24. The van der Waals surface area contributed by atoms with Crippen molar-refractivity contribution in [2.45, 2.75) is 48.9 Å². The summed E-state index contributed by atoms with van der Waals surface area (Å²) in [6.45, 7) is 8.39. The van der Waals surface area contributed by atoms with Gasteiger partial charge in [-0.15, -0.1) is 0 Å². The van der Waals surface area contributed by atoms with Crippen LogP contribution in [0.5, 0.6) is 0 Å². The molecule has 3 atom stereocenters. The highest BCUT2D eigenvalue weighted by atomic mass is 127. The van der Waals surface area contributed by atoms with Gasteiger partial charge in [0.15, 0.2) is 0 Å². The molecular formula is C13H22INO4. The first-order chi connectivity index (χ1) is 8.85. The van der Waals surface area contributed by atoms with Crippen LogP contribution in [0.1, 0.15) is 27.2 Å². The van der Waals surface area contributed by atoms with Gasteiger partial charge in [0.05, 0.1) is 29.3 Å². The van der Waals surface area contributed by atoms with Gasteiger partial charge in [-0.05, 0) is 27.2 Å². The van der Waals surface area contributed by atoms with E-state index in [0.29, 0.717) is 23.6 Å². The van der Waals surface area contributed by atoms with Gasteiger partial charge in [0.25, 0.3) is 0 Å². The molecule has 0 aromatic carbocycles. The molecule has 0 N–H and O–H groups in total. The lowest BCUT2D eigenvalue weighted by Crippen LogP contribution is -2.36. The molecule has 19 heavy (non-hydrogen) atoms. The summed E-state index contributed by atoms with van der Waals surface area (Å²) < 4.78 is 17.0. The molecule has 2 aliphatic rings. The molecule has 2 aliphatic heterocycles. The summed E-state index contributed by atoms with van der Waals surface area (Å²) in [5.74, 6) is 0. The molecule has 0 bridgehead atoms. The normalized spacial score (nSPS) is 31.8. The highest BCUT2D eigenvalue weighted by Crippen LogP contribution is 2.25. The number of carbonyl (C=O) groups is 1. The van der Waals surface area contributed by atoms with Crippen molar-refractivity contribution in [3.05, 3.63) is 0 Å². The number of halogens is 1. The van der Waals surface area contributed by atoms with Crippen LogP contribution in [0.2, 0.25) is 0 Å². The van der Waals surface area contributed by atoms with Crippen LogP contribution in [0, 0.1) is 0 Å². The van der Waals surface area contributed by atoms with Crippen molar-refractivity contribution >= 4 is 28.7 Å². The lowest BCUT2D eigenvalue weighted by atomic mass is 10.2. The van der Waals surface area contributed by atoms with Crippen molar-refractivity contribution in [2.75, 3.05) is 26.3 Å². The monoisotopic (exact) mass is 383 g/mol. The Kier molecular flexibility index (Phi) is 4.94. The molecule has 0 saturated carbocycles. The Morgan fingerprint density at radius 3 is 2.68 bits per heavy atom. The number of carbonyl (C=O) groups excluding carboxylic acids is 1. The summed E-state index contributed by atoms with van der Waals surface area (Å²) in [4.78, 5) is 13.7. The van der Waals surface area contributed by atoms with E-state index in [1.807, 2.05) is 20.8 Å². The maximum absolute atomic E-state index is 12.0. The van der Waals surface area contributed by atoms with E-state index >= 15 is 0 Å². The van der Waals surface area contributed by atoms with Crippen LogP contribution in [0.4, 0.5) is 4.79 Å². The van der Waals surface area contributed by atoms with Gasteiger partial charge in [-0.1, -0.05) is 22.6 Å². The van der Waals surface area contributed by atoms with Gasteiger partial charge >= 0.3 is 6.09 Å². The van der Waals surface area contributed by atoms with E-state index < -0.39 is 5.60 Å². The van der Waals surface area contributed by atoms with Gasteiger partial charge < -0.3 is 19.1 Å². The largest absolute Gasteiger partial charge is 0.444 e. The Labute approximate surface area is 128 Å². The highest BCUT2D eigenvalue weighted by molar-refractivity contribution is 14.1. The van der Waals surface area contributed by atoms with Gasteiger partial charge in [-0.25, -0.2) is 4.79 Å². The molecule has 0 spiro atoms. The molecule has 2 heterocycles. The number of hydrogen-bond acceptors (Lipinski definition) is 4. The minimum atomic E-state index is -0.448. The third-order valence-electron chi connectivity index (χ3n) is 3.11. The molecule has 3 unspecified atom stereocenters. The van der Waals surface area contributed by atoms with Crippen LogP contribution in [-0.2, 0) is 14.2 Å². The number of rotatable bonds is 2. The van der Waals surface area contributed by atoms with Gasteiger partial charge in [-0.3, -0.25) is 0 Å². The summed E-state index contributed by atoms with van der Waals surface area (Å²) in [6.07, 6.45) is 0.968. The van der Waals surface area contributed by atoms with Crippen LogP contribution in [0.15, 0.2) is 0 Å². The lowest BCUT2D eigenvalue weighted by molar-refractivity contribution is -0.0111. The molecule has 2 fully saturated rings. The van der Waals surface area contributed by atoms with E-state index in [0.717, 1.165) is 13.0 Å². The summed E-state index contributed by atoms with van der Waals surface area (Å²) in [5.41, 5.74) is -0.448. The standard InChI is InChI=1S/C13H22INO4/c1-13(2,3)19-12(16)15-6-10(14)11(7-15)18-9-4-5-17-8-9/h9-11H,4-8H2,1-3H3. The van der Waals surface area contributed by atoms with E-state index in [-0.39, 0.29) is 18.3 Å². The number of ether oxygens (including phenoxy) is 3. The molecule has 5 nitrogen and oxygen atoms in total. The second-order valence-corrected chi connectivity index (χ2v) is 7.66. The zero-order chi connectivity index (χ0) is 14.0. The first kappa shape index (κ1) is 15.3. The van der Waals surface area contributed by atoms with Gasteiger partial charge in [0, 0.05) is 13.2 Å². The molecule has 0 aromatic heterocycles. The van der Waals surface area contributed by atoms with Crippen molar-refractivity contribution < 1.29 is 19.0 Å². The minimum absolute atomic E-state index is 0.0832. The summed E-state index contributed by atoms with van der Waals surface area (Å²) in [7, 11) is 0. The summed E-state index contributed by atoms with van der Waals surface area (Å²) in [5, 5.41) is 0. The van der Waals surface area contributed by atoms with Crippen molar-refractivity contribution in [3.8, 4) is 0 Å². The maximum atomic E-state index is 12.0. The molecule has 1 amide bonds. The molecule has 0 aliphatic carbocycles. The van der Waals surface area contributed by atoms with E-state index in [2.05, 4.69) is 22.6 Å². The van der Waals surface area contributed by atoms with E-state index in [1.165, 1.54) is 0 Å². The van der Waals surface area contributed by atoms with Crippen LogP contribution in [-0.4, -0.2) is 59.0 Å². The molecule has 0 radical (unpaired) electrons. The minimum Gasteiger partial charge on any atom is -0.444 e. The molecular weight excluding hydrogens is 361 g/mol. The van der Waals surface area contributed by atoms with Crippen LogP contribution in [0.3, 0.4) is 0 Å². The molecule has 2 rings (SSSR count). The summed E-state index contributed by atoms with van der Waals surface area (Å²) >= 11 is 2.35. The number of likely N-dealkylation sites (tertiary alicyclic amines) is 1. The van der Waals surface area contributed by atoms with Crippen molar-refractivity contribution in [3.63, 3.8) is 0 Å². The number of nitrogens with zero attached hydrogens (tertiary/aromatic N) is 1. The smallest absolute Gasteiger partial charge is 0.410 e. The van der Waals surface area contributed by atoms with Gasteiger partial charge in [-0.2, -0.15) is 0 Å². The Morgan fingerprint density at radius 2 is 2.11 bits per heavy atom. The number of amides is 1. The maximum Gasteiger partial charge on any atom is 0.410 e. The molecule has 0 aromatic rings. The highest BCUT2D eigenvalue weighted by Gasteiger charge is 2.38. The number of hydrogen-bond donors (Lipinski definition) is 0. The zero-order valence-corrected chi connectivity index (χ0v) is 13.9. The average molecular weight is 383 g/mol. The number of alkyl halides is 1. The van der Waals surface area contributed by atoms with Gasteiger partial charge in [0.1, 0.15) is 5.60 Å². The SMILES string of the molecule is CC(C)(C)OC(=O)N1CC(I)C(OC2CCOC2)C1. The molecule has 6 heteroatoms. The van der Waals surface area contributed by atoms with Gasteiger partial charge in [0.2, 0.25) is 0 Å². The quantitative estimate of drug-likeness (QED) is 0.542. The van der Waals surface area contributed by atoms with E-state index in [1.54, 1.807) is 4.90 Å². The predicted octanol–water partition coefficient (Wildman–Crippen LogP) is 2.21. The molecule has 110 valence electrons. The Balaban J connectivity index is 1.84. The third-order valence-corrected chi connectivity index (χ3v) is 4.30. The average Bonchev–Trinajstić information content (AvgIpc) is 2.88. The van der Waals surface area contributed by atoms with Crippen molar-refractivity contribution in [1.82, 2.24) is 4.90 Å². The topological polar surface area (TPSA) is 48.0 Å². The molecule has 2 saturated heterocycles. The van der Waals surface area contributed by atoms with Crippen molar-refractivity contribution in [2.24, 2.45) is 0 Å². The van der Waals surface area contributed by atoms with E-state index in [4.69, 9.17) is 14.2 Å².